The number of rotatable bonds is 7. The van der Waals surface area contributed by atoms with Crippen molar-refractivity contribution in [3.63, 3.8) is 0 Å². The zero-order chi connectivity index (χ0) is 22.4. The van der Waals surface area contributed by atoms with Crippen LogP contribution in [0, 0.1) is 0 Å². The summed E-state index contributed by atoms with van der Waals surface area (Å²) in [7, 11) is 0.613. The molecule has 0 bridgehead atoms. The van der Waals surface area contributed by atoms with E-state index in [1.54, 1.807) is 30.3 Å². The third kappa shape index (κ3) is 5.31. The molecule has 3 rings (SSSR count). The molecule has 2 aromatic carbocycles. The summed E-state index contributed by atoms with van der Waals surface area (Å²) in [5.74, 6) is 0.666. The average Bonchev–Trinajstić information content (AvgIpc) is 3.06. The van der Waals surface area contributed by atoms with E-state index in [-0.39, 0.29) is 16.8 Å². The molecule has 0 saturated heterocycles. The van der Waals surface area contributed by atoms with Gasteiger partial charge in [-0.1, -0.05) is 25.7 Å². The highest BCUT2D eigenvalue weighted by atomic mass is 32.2. The molecule has 1 amide bonds. The maximum absolute atomic E-state index is 13.1. The predicted molar refractivity (Wildman–Crippen MR) is 121 cm³/mol. The molecule has 1 aliphatic carbocycles. The van der Waals surface area contributed by atoms with Crippen LogP contribution in [0.5, 0.6) is 11.5 Å². The van der Waals surface area contributed by atoms with Gasteiger partial charge in [-0.25, -0.2) is 8.42 Å². The van der Waals surface area contributed by atoms with Crippen LogP contribution in [-0.2, 0) is 10.0 Å². The molecule has 1 aliphatic rings. The largest absolute Gasteiger partial charge is 0.493 e. The van der Waals surface area contributed by atoms with Gasteiger partial charge in [0.1, 0.15) is 0 Å². The van der Waals surface area contributed by atoms with Crippen molar-refractivity contribution in [2.24, 2.45) is 0 Å². The Labute approximate surface area is 184 Å². The molecule has 7 nitrogen and oxygen atoms in total. The number of carbonyl (C=O) groups is 1. The van der Waals surface area contributed by atoms with Gasteiger partial charge in [-0.2, -0.15) is 0 Å². The van der Waals surface area contributed by atoms with Gasteiger partial charge in [-0.05, 0) is 49.2 Å². The maximum atomic E-state index is 13.1. The van der Waals surface area contributed by atoms with Gasteiger partial charge in [0, 0.05) is 24.7 Å². The maximum Gasteiger partial charge on any atom is 0.264 e. The number of anilines is 1. The lowest BCUT2D eigenvalue weighted by Gasteiger charge is -2.21. The third-order valence-electron chi connectivity index (χ3n) is 5.70. The molecule has 0 unspecified atom stereocenters. The first kappa shape index (κ1) is 22.9. The number of benzene rings is 2. The molecule has 1 fully saturated rings. The first-order chi connectivity index (χ1) is 14.9. The quantitative estimate of drug-likeness (QED) is 0.650. The third-order valence-corrected chi connectivity index (χ3v) is 7.48. The first-order valence-corrected chi connectivity index (χ1v) is 11.9. The molecular weight excluding hydrogens is 416 g/mol. The lowest BCUT2D eigenvalue weighted by Crippen LogP contribution is -2.34. The number of nitrogens with zero attached hydrogens (tertiary/aromatic N) is 1. The molecule has 31 heavy (non-hydrogen) atoms. The van der Waals surface area contributed by atoms with E-state index in [4.69, 9.17) is 9.47 Å². The van der Waals surface area contributed by atoms with Crippen molar-refractivity contribution >= 4 is 21.6 Å². The van der Waals surface area contributed by atoms with Gasteiger partial charge in [0.2, 0.25) is 0 Å². The molecule has 0 aliphatic heterocycles. The number of hydrogen-bond acceptors (Lipinski definition) is 5. The standard InChI is InChI=1S/C23H30N2O5S/c1-25(31(27,28)20-14-15-21(29-2)22(16-20)30-3)19-12-10-17(11-13-19)23(26)24-18-8-6-4-5-7-9-18/h10-16,18H,4-9H2,1-3H3,(H,24,26). The van der Waals surface area contributed by atoms with E-state index in [0.29, 0.717) is 22.7 Å². The molecule has 0 aromatic heterocycles. The van der Waals surface area contributed by atoms with Gasteiger partial charge in [0.15, 0.2) is 11.5 Å². The summed E-state index contributed by atoms with van der Waals surface area (Å²) in [6, 6.07) is 11.3. The normalized spacial score (nSPS) is 15.1. The molecule has 0 heterocycles. The SMILES string of the molecule is COc1ccc(S(=O)(=O)N(C)c2ccc(C(=O)NC3CCCCCC3)cc2)cc1OC. The summed E-state index contributed by atoms with van der Waals surface area (Å²) in [4.78, 5) is 12.7. The fraction of sp³-hybridized carbons (Fsp3) is 0.435. The number of amides is 1. The van der Waals surface area contributed by atoms with Crippen LogP contribution in [0.1, 0.15) is 48.9 Å². The van der Waals surface area contributed by atoms with E-state index >= 15 is 0 Å². The highest BCUT2D eigenvalue weighted by molar-refractivity contribution is 7.92. The second kappa shape index (κ2) is 10.0. The van der Waals surface area contributed by atoms with Gasteiger partial charge in [-0.15, -0.1) is 0 Å². The van der Waals surface area contributed by atoms with Gasteiger partial charge >= 0.3 is 0 Å². The Bertz CT molecular complexity index is 997. The molecule has 8 heteroatoms. The van der Waals surface area contributed by atoms with Crippen molar-refractivity contribution in [2.45, 2.75) is 49.5 Å². The van der Waals surface area contributed by atoms with Crippen molar-refractivity contribution in [3.8, 4) is 11.5 Å². The van der Waals surface area contributed by atoms with Gasteiger partial charge < -0.3 is 14.8 Å². The molecule has 0 radical (unpaired) electrons. The number of methoxy groups -OCH3 is 2. The Balaban J connectivity index is 1.74. The molecule has 1 saturated carbocycles. The van der Waals surface area contributed by atoms with Crippen molar-refractivity contribution < 1.29 is 22.7 Å². The van der Waals surface area contributed by atoms with E-state index in [0.717, 1.165) is 25.7 Å². The Hall–Kier alpha value is -2.74. The van der Waals surface area contributed by atoms with Crippen LogP contribution in [0.25, 0.3) is 0 Å². The number of ether oxygens (including phenoxy) is 2. The van der Waals surface area contributed by atoms with Crippen molar-refractivity contribution in [1.82, 2.24) is 5.32 Å². The molecule has 168 valence electrons. The second-order valence-electron chi connectivity index (χ2n) is 7.70. The van der Waals surface area contributed by atoms with Crippen molar-refractivity contribution in [1.29, 1.82) is 0 Å². The minimum Gasteiger partial charge on any atom is -0.493 e. The molecule has 0 atom stereocenters. The minimum atomic E-state index is -3.81. The summed E-state index contributed by atoms with van der Waals surface area (Å²) >= 11 is 0. The lowest BCUT2D eigenvalue weighted by atomic mass is 10.1. The van der Waals surface area contributed by atoms with Crippen LogP contribution in [0.2, 0.25) is 0 Å². The summed E-state index contributed by atoms with van der Waals surface area (Å²) < 4.78 is 37.7. The van der Waals surface area contributed by atoms with Crippen LogP contribution < -0.4 is 19.1 Å². The predicted octanol–water partition coefficient (Wildman–Crippen LogP) is 3.98. The molecule has 2 aromatic rings. The molecule has 0 spiro atoms. The van der Waals surface area contributed by atoms with Crippen LogP contribution in [0.4, 0.5) is 5.69 Å². The van der Waals surface area contributed by atoms with Crippen LogP contribution >= 0.6 is 0 Å². The second-order valence-corrected chi connectivity index (χ2v) is 9.67. The number of nitrogens with one attached hydrogen (secondary N) is 1. The highest BCUT2D eigenvalue weighted by Crippen LogP contribution is 2.31. The summed E-state index contributed by atoms with van der Waals surface area (Å²) in [6.07, 6.45) is 6.75. The lowest BCUT2D eigenvalue weighted by molar-refractivity contribution is 0.0933. The van der Waals surface area contributed by atoms with E-state index in [2.05, 4.69) is 5.32 Å². The zero-order valence-corrected chi connectivity index (χ0v) is 19.1. The van der Waals surface area contributed by atoms with Crippen LogP contribution in [0.3, 0.4) is 0 Å². The summed E-state index contributed by atoms with van der Waals surface area (Å²) in [5, 5.41) is 3.11. The summed E-state index contributed by atoms with van der Waals surface area (Å²) in [6.45, 7) is 0. The Kier molecular flexibility index (Phi) is 7.43. The fourth-order valence-electron chi connectivity index (χ4n) is 3.79. The number of sulfonamides is 1. The fourth-order valence-corrected chi connectivity index (χ4v) is 5.00. The van der Waals surface area contributed by atoms with Gasteiger partial charge in [0.25, 0.3) is 15.9 Å². The average molecular weight is 447 g/mol. The minimum absolute atomic E-state index is 0.0860. The van der Waals surface area contributed by atoms with E-state index in [1.807, 2.05) is 0 Å². The number of carbonyl (C=O) groups excluding carboxylic acids is 1. The van der Waals surface area contributed by atoms with E-state index in [9.17, 15) is 13.2 Å². The highest BCUT2D eigenvalue weighted by Gasteiger charge is 2.23. The van der Waals surface area contributed by atoms with Crippen molar-refractivity contribution in [2.75, 3.05) is 25.6 Å². The van der Waals surface area contributed by atoms with E-state index in [1.165, 1.54) is 50.5 Å². The first-order valence-electron chi connectivity index (χ1n) is 10.5. The van der Waals surface area contributed by atoms with Crippen molar-refractivity contribution in [3.05, 3.63) is 48.0 Å². The van der Waals surface area contributed by atoms with Crippen LogP contribution in [0.15, 0.2) is 47.4 Å². The smallest absolute Gasteiger partial charge is 0.264 e. The zero-order valence-electron chi connectivity index (χ0n) is 18.3. The number of hydrogen-bond donors (Lipinski definition) is 1. The molecule has 1 N–H and O–H groups in total. The summed E-state index contributed by atoms with van der Waals surface area (Å²) in [5.41, 5.74) is 0.978. The Morgan fingerprint density at radius 2 is 1.55 bits per heavy atom. The van der Waals surface area contributed by atoms with Crippen LogP contribution in [-0.4, -0.2) is 41.6 Å². The monoisotopic (exact) mass is 446 g/mol. The van der Waals surface area contributed by atoms with Gasteiger partial charge in [0.05, 0.1) is 24.8 Å². The molecular formula is C23H30N2O5S. The van der Waals surface area contributed by atoms with Gasteiger partial charge in [-0.3, -0.25) is 9.10 Å². The Morgan fingerprint density at radius 1 is 0.935 bits per heavy atom. The van der Waals surface area contributed by atoms with E-state index < -0.39 is 10.0 Å². The Morgan fingerprint density at radius 3 is 2.13 bits per heavy atom. The topological polar surface area (TPSA) is 84.9 Å².